The number of morpholine rings is 1. The fraction of sp³-hybridized carbons (Fsp3) is 0.516. The van der Waals surface area contributed by atoms with Crippen LogP contribution in [0.5, 0.6) is 0 Å². The first kappa shape index (κ1) is 32.6. The zero-order valence-electron chi connectivity index (χ0n) is 24.1. The Morgan fingerprint density at radius 2 is 1.50 bits per heavy atom. The number of likely N-dealkylation sites (tertiary alicyclic amines) is 1. The van der Waals surface area contributed by atoms with E-state index in [0.717, 1.165) is 57.0 Å². The third kappa shape index (κ3) is 8.29. The number of hydrogen-bond donors (Lipinski definition) is 1. The van der Waals surface area contributed by atoms with E-state index in [4.69, 9.17) is 9.47 Å². The van der Waals surface area contributed by atoms with E-state index in [1.165, 1.54) is 12.3 Å². The van der Waals surface area contributed by atoms with Crippen molar-refractivity contribution in [2.45, 2.75) is 59.9 Å². The number of alkyl halides is 6. The van der Waals surface area contributed by atoms with E-state index in [0.29, 0.717) is 67.9 Å². The quantitative estimate of drug-likeness (QED) is 0.190. The highest BCUT2D eigenvalue weighted by molar-refractivity contribution is 7.99. The fourth-order valence-electron chi connectivity index (χ4n) is 5.91. The van der Waals surface area contributed by atoms with Crippen LogP contribution in [0.1, 0.15) is 47.2 Å². The van der Waals surface area contributed by atoms with Gasteiger partial charge in [-0.2, -0.15) is 26.3 Å². The van der Waals surface area contributed by atoms with Gasteiger partial charge in [0.2, 0.25) is 0 Å². The van der Waals surface area contributed by atoms with Crippen LogP contribution in [0.4, 0.5) is 32.0 Å². The third-order valence-electron chi connectivity index (χ3n) is 8.15. The first-order valence-electron chi connectivity index (χ1n) is 14.7. The SMILES string of the molecule is O=C(C=CN1CCC(N2CCOCC2)CC1)c1ccc(Sc2cccc(NC3CCOCC3)c2)c(C(F)(F)F)c1C(F)(F)F. The number of halogens is 6. The van der Waals surface area contributed by atoms with Crippen LogP contribution in [0.3, 0.4) is 0 Å². The molecule has 3 heterocycles. The summed E-state index contributed by atoms with van der Waals surface area (Å²) in [6, 6.07) is 8.82. The lowest BCUT2D eigenvalue weighted by atomic mass is 9.96. The highest BCUT2D eigenvalue weighted by atomic mass is 32.2. The number of piperidine rings is 1. The summed E-state index contributed by atoms with van der Waals surface area (Å²) in [7, 11) is 0. The summed E-state index contributed by atoms with van der Waals surface area (Å²) < 4.78 is 96.8. The number of rotatable bonds is 8. The van der Waals surface area contributed by atoms with E-state index >= 15 is 0 Å². The number of anilines is 1. The molecule has 6 nitrogen and oxygen atoms in total. The van der Waals surface area contributed by atoms with E-state index < -0.39 is 39.7 Å². The number of nitrogens with one attached hydrogen (secondary N) is 1. The van der Waals surface area contributed by atoms with Gasteiger partial charge in [-0.25, -0.2) is 0 Å². The van der Waals surface area contributed by atoms with E-state index in [1.54, 1.807) is 18.2 Å². The molecule has 5 rings (SSSR count). The summed E-state index contributed by atoms with van der Waals surface area (Å²) >= 11 is 0.582. The summed E-state index contributed by atoms with van der Waals surface area (Å²) in [5, 5.41) is 3.31. The number of carbonyl (C=O) groups excluding carboxylic acids is 1. The molecule has 0 aromatic heterocycles. The highest BCUT2D eigenvalue weighted by Gasteiger charge is 2.47. The molecule has 0 saturated carbocycles. The topological polar surface area (TPSA) is 54.0 Å². The highest BCUT2D eigenvalue weighted by Crippen LogP contribution is 2.48. The van der Waals surface area contributed by atoms with Crippen molar-refractivity contribution in [1.29, 1.82) is 0 Å². The Labute approximate surface area is 256 Å². The van der Waals surface area contributed by atoms with Crippen LogP contribution in [0, 0.1) is 0 Å². The predicted molar refractivity (Wildman–Crippen MR) is 155 cm³/mol. The Hall–Kier alpha value is -2.74. The molecular formula is C31H35F6N3O3S. The van der Waals surface area contributed by atoms with Crippen molar-refractivity contribution in [2.24, 2.45) is 0 Å². The van der Waals surface area contributed by atoms with E-state index in [1.807, 2.05) is 4.90 Å². The number of ether oxygens (including phenoxy) is 2. The van der Waals surface area contributed by atoms with Crippen molar-refractivity contribution in [3.8, 4) is 0 Å². The fourth-order valence-corrected chi connectivity index (χ4v) is 6.95. The van der Waals surface area contributed by atoms with Crippen molar-refractivity contribution in [1.82, 2.24) is 9.80 Å². The number of ketones is 1. The Kier molecular flexibility index (Phi) is 10.5. The van der Waals surface area contributed by atoms with Gasteiger partial charge in [0.25, 0.3) is 0 Å². The van der Waals surface area contributed by atoms with Gasteiger partial charge >= 0.3 is 12.4 Å². The molecular weight excluding hydrogens is 608 g/mol. The summed E-state index contributed by atoms with van der Waals surface area (Å²) in [5.41, 5.74) is -4.20. The van der Waals surface area contributed by atoms with Crippen LogP contribution >= 0.6 is 11.8 Å². The van der Waals surface area contributed by atoms with E-state index in [-0.39, 0.29) is 6.04 Å². The molecule has 3 fully saturated rings. The molecule has 0 radical (unpaired) electrons. The lowest BCUT2D eigenvalue weighted by Crippen LogP contribution is -2.48. The van der Waals surface area contributed by atoms with Crippen LogP contribution in [0.15, 0.2) is 58.5 Å². The average Bonchev–Trinajstić information content (AvgIpc) is 3.00. The smallest absolute Gasteiger partial charge is 0.382 e. The normalized spacial score (nSPS) is 19.9. The monoisotopic (exact) mass is 643 g/mol. The Morgan fingerprint density at radius 1 is 0.841 bits per heavy atom. The number of benzene rings is 2. The van der Waals surface area contributed by atoms with E-state index in [2.05, 4.69) is 10.2 Å². The molecule has 0 aliphatic carbocycles. The van der Waals surface area contributed by atoms with Crippen LogP contribution in [-0.4, -0.2) is 80.3 Å². The number of hydrogen-bond acceptors (Lipinski definition) is 7. The maximum atomic E-state index is 14.4. The van der Waals surface area contributed by atoms with Gasteiger partial charge in [0, 0.05) is 84.8 Å². The number of carbonyl (C=O) groups is 1. The maximum absolute atomic E-state index is 14.4. The molecule has 0 bridgehead atoms. The lowest BCUT2D eigenvalue weighted by Gasteiger charge is -2.39. The summed E-state index contributed by atoms with van der Waals surface area (Å²) in [5.74, 6) is -1.13. The van der Waals surface area contributed by atoms with Gasteiger partial charge in [-0.3, -0.25) is 9.69 Å². The van der Waals surface area contributed by atoms with Crippen LogP contribution in [0.25, 0.3) is 0 Å². The molecule has 0 amide bonds. The van der Waals surface area contributed by atoms with Crippen molar-refractivity contribution in [3.63, 3.8) is 0 Å². The molecule has 1 N–H and O–H groups in total. The molecule has 13 heteroatoms. The first-order valence-corrected chi connectivity index (χ1v) is 15.5. The maximum Gasteiger partial charge on any atom is 0.418 e. The zero-order chi connectivity index (χ0) is 31.3. The average molecular weight is 644 g/mol. The van der Waals surface area contributed by atoms with Gasteiger partial charge in [0.15, 0.2) is 5.78 Å². The van der Waals surface area contributed by atoms with Gasteiger partial charge in [-0.1, -0.05) is 17.8 Å². The Morgan fingerprint density at radius 3 is 2.16 bits per heavy atom. The molecule has 0 spiro atoms. The number of nitrogens with zero attached hydrogens (tertiary/aromatic N) is 2. The third-order valence-corrected chi connectivity index (χ3v) is 9.20. The summed E-state index contributed by atoms with van der Waals surface area (Å²) in [4.78, 5) is 16.9. The van der Waals surface area contributed by atoms with Gasteiger partial charge in [0.1, 0.15) is 0 Å². The Bertz CT molecular complexity index is 1320. The van der Waals surface area contributed by atoms with Crippen molar-refractivity contribution < 1.29 is 40.6 Å². The second-order valence-corrected chi connectivity index (χ2v) is 12.2. The van der Waals surface area contributed by atoms with Crippen LogP contribution in [-0.2, 0) is 21.8 Å². The van der Waals surface area contributed by atoms with E-state index in [9.17, 15) is 31.1 Å². The van der Waals surface area contributed by atoms with Crippen LogP contribution < -0.4 is 5.32 Å². The zero-order valence-corrected chi connectivity index (χ0v) is 24.9. The first-order chi connectivity index (χ1) is 21.0. The minimum absolute atomic E-state index is 0.126. The van der Waals surface area contributed by atoms with Crippen molar-refractivity contribution >= 4 is 23.2 Å². The van der Waals surface area contributed by atoms with Gasteiger partial charge in [-0.15, -0.1) is 0 Å². The molecule has 0 atom stereocenters. The summed E-state index contributed by atoms with van der Waals surface area (Å²) in [6.07, 6.45) is -5.29. The molecule has 0 unspecified atom stereocenters. The second kappa shape index (κ2) is 14.1. The lowest BCUT2D eigenvalue weighted by molar-refractivity contribution is -0.163. The number of allylic oxidation sites excluding steroid dienone is 1. The minimum atomic E-state index is -5.41. The minimum Gasteiger partial charge on any atom is -0.382 e. The Balaban J connectivity index is 1.35. The molecule has 3 aliphatic rings. The molecule has 240 valence electrons. The molecule has 2 aromatic rings. The van der Waals surface area contributed by atoms with Gasteiger partial charge in [-0.05, 0) is 56.0 Å². The van der Waals surface area contributed by atoms with Crippen LogP contribution in [0.2, 0.25) is 0 Å². The summed E-state index contributed by atoms with van der Waals surface area (Å²) in [6.45, 7) is 5.39. The molecule has 2 aromatic carbocycles. The van der Waals surface area contributed by atoms with Gasteiger partial charge < -0.3 is 19.7 Å². The largest absolute Gasteiger partial charge is 0.418 e. The van der Waals surface area contributed by atoms with Crippen molar-refractivity contribution in [2.75, 3.05) is 57.9 Å². The van der Waals surface area contributed by atoms with Gasteiger partial charge in [0.05, 0.1) is 24.3 Å². The molecule has 3 aliphatic heterocycles. The standard InChI is InChI=1S/C31H35F6N3O3S/c32-30(33,34)28-25(26(41)8-13-39-11-6-23(7-12-39)40-14-18-43-19-15-40)4-5-27(29(28)31(35,36)37)44-24-3-1-2-22(20-24)38-21-9-16-42-17-10-21/h1-5,8,13,20-21,23,38H,6-7,9-12,14-19H2. The molecule has 44 heavy (non-hydrogen) atoms. The second-order valence-electron chi connectivity index (χ2n) is 11.1. The van der Waals surface area contributed by atoms with Crippen molar-refractivity contribution in [3.05, 3.63) is 65.4 Å². The molecule has 3 saturated heterocycles. The predicted octanol–water partition coefficient (Wildman–Crippen LogP) is 6.96.